The van der Waals surface area contributed by atoms with Crippen LogP contribution in [0.1, 0.15) is 53.9 Å². The summed E-state index contributed by atoms with van der Waals surface area (Å²) in [6.07, 6.45) is 3.68. The van der Waals surface area contributed by atoms with Crippen LogP contribution in [0.5, 0.6) is 0 Å². The molecule has 0 aromatic carbocycles. The average molecular weight is 299 g/mol. The third-order valence-electron chi connectivity index (χ3n) is 4.88. The maximum absolute atomic E-state index is 5.62. The van der Waals surface area contributed by atoms with Gasteiger partial charge in [-0.25, -0.2) is 0 Å². The summed E-state index contributed by atoms with van der Waals surface area (Å²) in [6.45, 7) is 19.3. The van der Waals surface area contributed by atoms with Crippen LogP contribution in [0.25, 0.3) is 0 Å². The smallest absolute Gasteiger partial charge is 0.0472 e. The Morgan fingerprint density at radius 2 is 1.81 bits per heavy atom. The highest BCUT2D eigenvalue weighted by Gasteiger charge is 2.34. The standard InChI is InChI=1S/C18H38N2O/c1-6-17(5)13-20(7-2)15-18(8-10-21-11-9-18)14-19-12-16(3)4/h16-17,19H,6-15H2,1-5H3. The Balaban J connectivity index is 2.58. The predicted octanol–water partition coefficient (Wildman–Crippen LogP) is 3.40. The van der Waals surface area contributed by atoms with E-state index in [1.807, 2.05) is 0 Å². The van der Waals surface area contributed by atoms with Crippen LogP contribution in [0.4, 0.5) is 0 Å². The van der Waals surface area contributed by atoms with E-state index >= 15 is 0 Å². The molecule has 1 N–H and O–H groups in total. The summed E-state index contributed by atoms with van der Waals surface area (Å²) in [7, 11) is 0. The predicted molar refractivity (Wildman–Crippen MR) is 91.8 cm³/mol. The van der Waals surface area contributed by atoms with Crippen molar-refractivity contribution >= 4 is 0 Å². The first-order chi connectivity index (χ1) is 10.0. The lowest BCUT2D eigenvalue weighted by molar-refractivity contribution is -0.00580. The van der Waals surface area contributed by atoms with Crippen LogP contribution in [0.15, 0.2) is 0 Å². The number of ether oxygens (including phenoxy) is 1. The van der Waals surface area contributed by atoms with Crippen molar-refractivity contribution in [2.45, 2.75) is 53.9 Å². The molecule has 1 rings (SSSR count). The number of nitrogens with one attached hydrogen (secondary N) is 1. The molecule has 0 radical (unpaired) electrons. The van der Waals surface area contributed by atoms with E-state index in [0.29, 0.717) is 5.41 Å². The molecule has 1 aliphatic rings. The maximum Gasteiger partial charge on any atom is 0.0472 e. The number of rotatable bonds is 10. The number of hydrogen-bond donors (Lipinski definition) is 1. The Labute approximate surface area is 132 Å². The molecule has 0 aromatic rings. The fraction of sp³-hybridized carbons (Fsp3) is 1.00. The summed E-state index contributed by atoms with van der Waals surface area (Å²) < 4.78 is 5.62. The topological polar surface area (TPSA) is 24.5 Å². The third kappa shape index (κ3) is 7.12. The van der Waals surface area contributed by atoms with Gasteiger partial charge in [-0.3, -0.25) is 0 Å². The molecule has 0 amide bonds. The average Bonchev–Trinajstić information content (AvgIpc) is 2.47. The van der Waals surface area contributed by atoms with E-state index in [1.54, 1.807) is 0 Å². The Bertz CT molecular complexity index is 262. The Hall–Kier alpha value is -0.120. The molecule has 126 valence electrons. The minimum Gasteiger partial charge on any atom is -0.381 e. The van der Waals surface area contributed by atoms with Crippen LogP contribution in [-0.2, 0) is 4.74 Å². The van der Waals surface area contributed by atoms with E-state index in [2.05, 4.69) is 44.8 Å². The van der Waals surface area contributed by atoms with Gasteiger partial charge in [0, 0.05) is 32.8 Å². The molecule has 1 heterocycles. The minimum absolute atomic E-state index is 0.413. The summed E-state index contributed by atoms with van der Waals surface area (Å²) in [5, 5.41) is 3.71. The normalized spacial score (nSPS) is 20.1. The lowest BCUT2D eigenvalue weighted by atomic mass is 9.79. The van der Waals surface area contributed by atoms with E-state index in [9.17, 15) is 0 Å². The molecular formula is C18H38N2O. The quantitative estimate of drug-likeness (QED) is 0.669. The molecule has 0 saturated carbocycles. The van der Waals surface area contributed by atoms with Gasteiger partial charge in [-0.05, 0) is 43.2 Å². The Kier molecular flexibility index (Phi) is 8.84. The van der Waals surface area contributed by atoms with Gasteiger partial charge in [0.05, 0.1) is 0 Å². The van der Waals surface area contributed by atoms with Crippen LogP contribution in [0, 0.1) is 17.3 Å². The van der Waals surface area contributed by atoms with Crippen molar-refractivity contribution < 1.29 is 4.74 Å². The fourth-order valence-corrected chi connectivity index (χ4v) is 3.17. The second-order valence-electron chi connectivity index (χ2n) is 7.48. The van der Waals surface area contributed by atoms with Gasteiger partial charge in [-0.2, -0.15) is 0 Å². The zero-order valence-electron chi connectivity index (χ0n) is 15.1. The van der Waals surface area contributed by atoms with Crippen molar-refractivity contribution in [3.05, 3.63) is 0 Å². The highest BCUT2D eigenvalue weighted by atomic mass is 16.5. The molecule has 0 aliphatic carbocycles. The molecule has 1 unspecified atom stereocenters. The van der Waals surface area contributed by atoms with E-state index in [1.165, 1.54) is 32.4 Å². The van der Waals surface area contributed by atoms with Crippen LogP contribution < -0.4 is 5.32 Å². The van der Waals surface area contributed by atoms with Gasteiger partial charge in [0.1, 0.15) is 0 Å². The van der Waals surface area contributed by atoms with Gasteiger partial charge >= 0.3 is 0 Å². The summed E-state index contributed by atoms with van der Waals surface area (Å²) in [5.41, 5.74) is 0.413. The second-order valence-corrected chi connectivity index (χ2v) is 7.48. The Morgan fingerprint density at radius 3 is 2.33 bits per heavy atom. The van der Waals surface area contributed by atoms with E-state index in [0.717, 1.165) is 44.7 Å². The second kappa shape index (κ2) is 9.81. The van der Waals surface area contributed by atoms with Gasteiger partial charge in [-0.1, -0.05) is 41.0 Å². The van der Waals surface area contributed by atoms with Crippen LogP contribution in [0.2, 0.25) is 0 Å². The zero-order chi connectivity index (χ0) is 15.7. The molecule has 1 fully saturated rings. The highest BCUT2D eigenvalue weighted by molar-refractivity contribution is 4.87. The molecule has 1 atom stereocenters. The van der Waals surface area contributed by atoms with E-state index < -0.39 is 0 Å². The van der Waals surface area contributed by atoms with E-state index in [-0.39, 0.29) is 0 Å². The van der Waals surface area contributed by atoms with Crippen molar-refractivity contribution in [3.63, 3.8) is 0 Å². The summed E-state index contributed by atoms with van der Waals surface area (Å²) >= 11 is 0. The largest absolute Gasteiger partial charge is 0.381 e. The van der Waals surface area contributed by atoms with Gasteiger partial charge in [-0.15, -0.1) is 0 Å². The van der Waals surface area contributed by atoms with Gasteiger partial charge in [0.15, 0.2) is 0 Å². The summed E-state index contributed by atoms with van der Waals surface area (Å²) in [4.78, 5) is 2.66. The van der Waals surface area contributed by atoms with Crippen LogP contribution in [0.3, 0.4) is 0 Å². The van der Waals surface area contributed by atoms with Crippen molar-refractivity contribution in [1.29, 1.82) is 0 Å². The first kappa shape index (κ1) is 18.9. The van der Waals surface area contributed by atoms with Crippen LogP contribution >= 0.6 is 0 Å². The van der Waals surface area contributed by atoms with Gasteiger partial charge < -0.3 is 15.0 Å². The lowest BCUT2D eigenvalue weighted by Gasteiger charge is -2.42. The molecule has 0 aromatic heterocycles. The monoisotopic (exact) mass is 298 g/mol. The summed E-state index contributed by atoms with van der Waals surface area (Å²) in [6, 6.07) is 0. The van der Waals surface area contributed by atoms with Gasteiger partial charge in [0.25, 0.3) is 0 Å². The van der Waals surface area contributed by atoms with Crippen molar-refractivity contribution in [2.75, 3.05) is 45.9 Å². The third-order valence-corrected chi connectivity index (χ3v) is 4.88. The fourth-order valence-electron chi connectivity index (χ4n) is 3.17. The summed E-state index contributed by atoms with van der Waals surface area (Å²) in [5.74, 6) is 1.52. The lowest BCUT2D eigenvalue weighted by Crippen LogP contribution is -2.48. The number of hydrogen-bond acceptors (Lipinski definition) is 3. The molecule has 3 heteroatoms. The van der Waals surface area contributed by atoms with Crippen molar-refractivity contribution in [1.82, 2.24) is 10.2 Å². The number of nitrogens with zero attached hydrogens (tertiary/aromatic N) is 1. The van der Waals surface area contributed by atoms with Crippen molar-refractivity contribution in [3.8, 4) is 0 Å². The molecule has 0 bridgehead atoms. The van der Waals surface area contributed by atoms with Crippen LogP contribution in [-0.4, -0.2) is 50.8 Å². The molecule has 21 heavy (non-hydrogen) atoms. The maximum atomic E-state index is 5.62. The molecule has 0 spiro atoms. The van der Waals surface area contributed by atoms with E-state index in [4.69, 9.17) is 4.74 Å². The van der Waals surface area contributed by atoms with Crippen molar-refractivity contribution in [2.24, 2.45) is 17.3 Å². The molecular weight excluding hydrogens is 260 g/mol. The molecule has 3 nitrogen and oxygen atoms in total. The molecule has 1 aliphatic heterocycles. The van der Waals surface area contributed by atoms with Gasteiger partial charge in [0.2, 0.25) is 0 Å². The zero-order valence-corrected chi connectivity index (χ0v) is 15.1. The minimum atomic E-state index is 0.413. The Morgan fingerprint density at radius 1 is 1.14 bits per heavy atom. The first-order valence-electron chi connectivity index (χ1n) is 9.02. The SMILES string of the molecule is CCC(C)CN(CC)CC1(CNCC(C)C)CCOCC1. The molecule has 1 saturated heterocycles. The highest BCUT2D eigenvalue weighted by Crippen LogP contribution is 2.31. The first-order valence-corrected chi connectivity index (χ1v) is 9.02.